The van der Waals surface area contributed by atoms with Crippen LogP contribution in [-0.4, -0.2) is 15.2 Å². The lowest BCUT2D eigenvalue weighted by Gasteiger charge is -2.11. The first kappa shape index (κ1) is 17.6. The van der Waals surface area contributed by atoms with Crippen molar-refractivity contribution < 1.29 is 10.2 Å². The van der Waals surface area contributed by atoms with Crippen LogP contribution in [0.5, 0.6) is 11.5 Å². The fourth-order valence-electron chi connectivity index (χ4n) is 3.21. The third kappa shape index (κ3) is 3.82. The molecule has 0 spiro atoms. The molecule has 0 saturated carbocycles. The number of hydrogen-bond donors (Lipinski definition) is 2. The molecule has 0 aliphatic heterocycles. The van der Waals surface area contributed by atoms with Gasteiger partial charge in [-0.05, 0) is 46.8 Å². The summed E-state index contributed by atoms with van der Waals surface area (Å²) in [6.45, 7) is 0. The van der Waals surface area contributed by atoms with Crippen LogP contribution in [0.4, 0.5) is 0 Å². The van der Waals surface area contributed by atoms with Gasteiger partial charge in [0.25, 0.3) is 0 Å². The molecule has 0 radical (unpaired) electrons. The average Bonchev–Trinajstić information content (AvgIpc) is 2.73. The molecule has 28 heavy (non-hydrogen) atoms. The van der Waals surface area contributed by atoms with Crippen molar-refractivity contribution in [3.05, 3.63) is 101 Å². The van der Waals surface area contributed by atoms with Crippen LogP contribution in [0.2, 0.25) is 0 Å². The molecule has 0 aliphatic carbocycles. The van der Waals surface area contributed by atoms with Crippen molar-refractivity contribution in [2.45, 2.75) is 12.8 Å². The van der Waals surface area contributed by atoms with Crippen molar-refractivity contribution >= 4 is 10.8 Å². The van der Waals surface area contributed by atoms with Gasteiger partial charge in [-0.15, -0.1) is 0 Å². The van der Waals surface area contributed by atoms with Gasteiger partial charge in [-0.3, -0.25) is 4.98 Å². The monoisotopic (exact) mass is 365 g/mol. The molecular formula is C25H19NO2. The lowest BCUT2D eigenvalue weighted by molar-refractivity contribution is 0.445. The predicted octanol–water partition coefficient (Wildman–Crippen LogP) is 4.83. The highest BCUT2D eigenvalue weighted by Gasteiger charge is 2.13. The van der Waals surface area contributed by atoms with Crippen molar-refractivity contribution in [3.63, 3.8) is 0 Å². The number of nitrogens with zero attached hydrogens (tertiary/aromatic N) is 1. The zero-order valence-electron chi connectivity index (χ0n) is 15.3. The minimum Gasteiger partial charge on any atom is -0.507 e. The van der Waals surface area contributed by atoms with Crippen LogP contribution in [-0.2, 0) is 12.8 Å². The van der Waals surface area contributed by atoms with Crippen molar-refractivity contribution in [2.24, 2.45) is 0 Å². The Bertz CT molecular complexity index is 1170. The number of hydrogen-bond acceptors (Lipinski definition) is 3. The number of aromatic hydroxyl groups is 2. The van der Waals surface area contributed by atoms with Crippen molar-refractivity contribution in [1.82, 2.24) is 4.98 Å². The first-order valence-electron chi connectivity index (χ1n) is 9.10. The molecule has 136 valence electrons. The fourth-order valence-corrected chi connectivity index (χ4v) is 3.21. The molecular weight excluding hydrogens is 346 g/mol. The second kappa shape index (κ2) is 7.85. The number of pyridine rings is 1. The van der Waals surface area contributed by atoms with E-state index in [4.69, 9.17) is 0 Å². The minimum atomic E-state index is 0.0877. The van der Waals surface area contributed by atoms with Crippen LogP contribution in [0.1, 0.15) is 22.3 Å². The second-order valence-electron chi connectivity index (χ2n) is 6.66. The summed E-state index contributed by atoms with van der Waals surface area (Å²) in [6.07, 6.45) is 4.50. The number of rotatable bonds is 3. The van der Waals surface area contributed by atoms with Crippen molar-refractivity contribution in [3.8, 4) is 23.3 Å². The predicted molar refractivity (Wildman–Crippen MR) is 111 cm³/mol. The van der Waals surface area contributed by atoms with E-state index in [-0.39, 0.29) is 11.5 Å². The number of phenolic OH excluding ortho intramolecular Hbond substituents is 2. The summed E-state index contributed by atoms with van der Waals surface area (Å²) in [7, 11) is 0. The molecule has 3 nitrogen and oxygen atoms in total. The summed E-state index contributed by atoms with van der Waals surface area (Å²) in [6, 6.07) is 21.2. The lowest BCUT2D eigenvalue weighted by atomic mass is 9.97. The first-order valence-corrected chi connectivity index (χ1v) is 9.10. The Morgan fingerprint density at radius 1 is 0.821 bits per heavy atom. The van der Waals surface area contributed by atoms with Gasteiger partial charge >= 0.3 is 0 Å². The van der Waals surface area contributed by atoms with Gasteiger partial charge in [0.2, 0.25) is 0 Å². The highest BCUT2D eigenvalue weighted by Crippen LogP contribution is 2.37. The Hall–Kier alpha value is -3.77. The summed E-state index contributed by atoms with van der Waals surface area (Å²) < 4.78 is 0. The number of phenols is 2. The van der Waals surface area contributed by atoms with Gasteiger partial charge in [0.05, 0.1) is 0 Å². The molecule has 4 aromatic rings. The molecule has 0 unspecified atom stereocenters. The topological polar surface area (TPSA) is 53.4 Å². The van der Waals surface area contributed by atoms with Crippen LogP contribution >= 0.6 is 0 Å². The SMILES string of the molecule is Oc1cc2ccc(C#CCc3ccccc3)cc2c(O)c1Cc1ccncc1. The Labute approximate surface area is 163 Å². The van der Waals surface area contributed by atoms with E-state index in [0.29, 0.717) is 23.8 Å². The zero-order chi connectivity index (χ0) is 19.3. The molecule has 4 rings (SSSR count). The highest BCUT2D eigenvalue weighted by molar-refractivity contribution is 5.92. The zero-order valence-corrected chi connectivity index (χ0v) is 15.3. The molecule has 1 aromatic heterocycles. The fraction of sp³-hybridized carbons (Fsp3) is 0.0800. The molecule has 1 heterocycles. The van der Waals surface area contributed by atoms with E-state index in [1.807, 2.05) is 48.5 Å². The lowest BCUT2D eigenvalue weighted by Crippen LogP contribution is -1.92. The number of fused-ring (bicyclic) bond motifs is 1. The number of benzene rings is 3. The molecule has 0 amide bonds. The average molecular weight is 365 g/mol. The van der Waals surface area contributed by atoms with Crippen molar-refractivity contribution in [1.29, 1.82) is 0 Å². The maximum Gasteiger partial charge on any atom is 0.130 e. The van der Waals surface area contributed by atoms with E-state index < -0.39 is 0 Å². The molecule has 0 atom stereocenters. The van der Waals surface area contributed by atoms with E-state index in [1.165, 1.54) is 5.56 Å². The maximum atomic E-state index is 10.8. The van der Waals surface area contributed by atoms with Gasteiger partial charge in [0.15, 0.2) is 0 Å². The molecule has 0 aliphatic rings. The maximum absolute atomic E-state index is 10.8. The van der Waals surface area contributed by atoms with E-state index in [0.717, 1.165) is 16.5 Å². The van der Waals surface area contributed by atoms with Crippen molar-refractivity contribution in [2.75, 3.05) is 0 Å². The molecule has 0 saturated heterocycles. The smallest absolute Gasteiger partial charge is 0.130 e. The number of aromatic nitrogens is 1. The summed E-state index contributed by atoms with van der Waals surface area (Å²) >= 11 is 0. The Morgan fingerprint density at radius 2 is 1.61 bits per heavy atom. The largest absolute Gasteiger partial charge is 0.507 e. The van der Waals surface area contributed by atoms with Crippen LogP contribution in [0.15, 0.2) is 79.1 Å². The third-order valence-corrected chi connectivity index (χ3v) is 4.69. The van der Waals surface area contributed by atoms with E-state index >= 15 is 0 Å². The quantitative estimate of drug-likeness (QED) is 0.511. The standard InChI is InChI=1S/C25H19NO2/c27-24-17-21-10-9-19(8-4-7-18-5-2-1-3-6-18)15-22(21)25(28)23(24)16-20-11-13-26-14-12-20/h1-3,5-6,9-15,17,27-28H,7,16H2. The molecule has 3 heteroatoms. The van der Waals surface area contributed by atoms with Gasteiger partial charge in [0, 0.05) is 41.7 Å². The van der Waals surface area contributed by atoms with Gasteiger partial charge < -0.3 is 10.2 Å². The van der Waals surface area contributed by atoms with E-state index in [9.17, 15) is 10.2 Å². The normalized spacial score (nSPS) is 10.4. The third-order valence-electron chi connectivity index (χ3n) is 4.69. The summed E-state index contributed by atoms with van der Waals surface area (Å²) in [5.74, 6) is 6.53. The van der Waals surface area contributed by atoms with Gasteiger partial charge in [0.1, 0.15) is 11.5 Å². The van der Waals surface area contributed by atoms with E-state index in [2.05, 4.69) is 29.0 Å². The van der Waals surface area contributed by atoms with Crippen LogP contribution in [0.25, 0.3) is 10.8 Å². The summed E-state index contributed by atoms with van der Waals surface area (Å²) in [5, 5.41) is 22.6. The van der Waals surface area contributed by atoms with Crippen LogP contribution in [0.3, 0.4) is 0 Å². The first-order chi connectivity index (χ1) is 13.7. The molecule has 3 aromatic carbocycles. The van der Waals surface area contributed by atoms with Crippen LogP contribution in [0, 0.1) is 11.8 Å². The van der Waals surface area contributed by atoms with Gasteiger partial charge in [-0.1, -0.05) is 48.2 Å². The van der Waals surface area contributed by atoms with Gasteiger partial charge in [-0.2, -0.15) is 0 Å². The second-order valence-corrected chi connectivity index (χ2v) is 6.66. The van der Waals surface area contributed by atoms with E-state index in [1.54, 1.807) is 18.5 Å². The molecule has 0 bridgehead atoms. The molecule has 2 N–H and O–H groups in total. The van der Waals surface area contributed by atoms with Gasteiger partial charge in [-0.25, -0.2) is 0 Å². The Morgan fingerprint density at radius 3 is 2.39 bits per heavy atom. The summed E-state index contributed by atoms with van der Waals surface area (Å²) in [4.78, 5) is 4.00. The Balaban J connectivity index is 1.67. The summed E-state index contributed by atoms with van der Waals surface area (Å²) in [5.41, 5.74) is 3.48. The highest BCUT2D eigenvalue weighted by atomic mass is 16.3. The molecule has 0 fully saturated rings. The minimum absolute atomic E-state index is 0.0877. The Kier molecular flexibility index (Phi) is 4.95. The van der Waals surface area contributed by atoms with Crippen LogP contribution < -0.4 is 0 Å².